The molecule has 1 fully saturated rings. The largest absolute Gasteiger partial charge is 0.372 e. The number of benzene rings is 1. The van der Waals surface area contributed by atoms with Gasteiger partial charge < -0.3 is 19.9 Å². The van der Waals surface area contributed by atoms with Gasteiger partial charge in [-0.3, -0.25) is 10.00 Å². The first kappa shape index (κ1) is 24.7. The Balaban J connectivity index is 1.21. The van der Waals surface area contributed by atoms with E-state index in [0.29, 0.717) is 41.9 Å². The second kappa shape index (κ2) is 9.29. The quantitative estimate of drug-likeness (QED) is 0.334. The molecule has 38 heavy (non-hydrogen) atoms. The topological polar surface area (TPSA) is 98.1 Å². The van der Waals surface area contributed by atoms with Crippen LogP contribution in [0.1, 0.15) is 23.2 Å². The summed E-state index contributed by atoms with van der Waals surface area (Å²) in [5.41, 5.74) is 4.62. The lowest BCUT2D eigenvalue weighted by Gasteiger charge is -2.41. The van der Waals surface area contributed by atoms with Gasteiger partial charge >= 0.3 is 0 Å². The first-order valence-electron chi connectivity index (χ1n) is 12.0. The van der Waals surface area contributed by atoms with Gasteiger partial charge in [-0.1, -0.05) is 23.7 Å². The highest BCUT2D eigenvalue weighted by atomic mass is 35.5. The molecule has 0 aliphatic carbocycles. The molecule has 0 bridgehead atoms. The van der Waals surface area contributed by atoms with Gasteiger partial charge in [0, 0.05) is 36.7 Å². The van der Waals surface area contributed by atoms with Gasteiger partial charge in [-0.05, 0) is 29.7 Å². The first-order valence-corrected chi connectivity index (χ1v) is 12.4. The summed E-state index contributed by atoms with van der Waals surface area (Å²) in [6.07, 6.45) is 3.93. The Morgan fingerprint density at radius 3 is 2.61 bits per heavy atom. The van der Waals surface area contributed by atoms with E-state index in [-0.39, 0.29) is 5.82 Å². The van der Waals surface area contributed by atoms with E-state index in [1.165, 1.54) is 4.90 Å². The maximum Gasteiger partial charge on any atom is 0.273 e. The van der Waals surface area contributed by atoms with Crippen LogP contribution < -0.4 is 10.2 Å². The highest BCUT2D eigenvalue weighted by Gasteiger charge is 2.48. The summed E-state index contributed by atoms with van der Waals surface area (Å²) < 4.78 is 43.1. The molecule has 3 N–H and O–H groups in total. The second-order valence-corrected chi connectivity index (χ2v) is 9.92. The molecule has 5 heterocycles. The van der Waals surface area contributed by atoms with Crippen molar-refractivity contribution < 1.29 is 18.3 Å². The van der Waals surface area contributed by atoms with Gasteiger partial charge in [0.15, 0.2) is 17.9 Å². The molecule has 0 amide bonds. The number of aromatic amines is 1. The molecule has 0 spiro atoms. The number of aliphatic hydroxyl groups is 1. The van der Waals surface area contributed by atoms with Crippen LogP contribution in [0.15, 0.2) is 42.9 Å². The van der Waals surface area contributed by atoms with Crippen LogP contribution >= 0.6 is 11.6 Å². The lowest BCUT2D eigenvalue weighted by Crippen LogP contribution is -2.57. The summed E-state index contributed by atoms with van der Waals surface area (Å²) in [4.78, 5) is 11.8. The number of aromatic nitrogens is 5. The van der Waals surface area contributed by atoms with Crippen molar-refractivity contribution in [2.75, 3.05) is 29.9 Å². The maximum atomic E-state index is 14.6. The Labute approximate surface area is 220 Å². The number of alkyl halides is 2. The van der Waals surface area contributed by atoms with Crippen LogP contribution in [0.4, 0.5) is 30.6 Å². The Kier molecular flexibility index (Phi) is 6.04. The zero-order valence-corrected chi connectivity index (χ0v) is 21.1. The molecule has 2 aliphatic heterocycles. The van der Waals surface area contributed by atoms with Gasteiger partial charge in [-0.25, -0.2) is 18.2 Å². The van der Waals surface area contributed by atoms with E-state index in [1.54, 1.807) is 24.0 Å². The second-order valence-electron chi connectivity index (χ2n) is 9.55. The third-order valence-electron chi connectivity index (χ3n) is 7.03. The lowest BCUT2D eigenvalue weighted by atomic mass is 10.1. The molecule has 2 aliphatic rings. The van der Waals surface area contributed by atoms with E-state index in [1.807, 2.05) is 29.2 Å². The van der Waals surface area contributed by atoms with Crippen LogP contribution in [-0.2, 0) is 20.0 Å². The van der Waals surface area contributed by atoms with E-state index in [2.05, 4.69) is 25.5 Å². The predicted molar refractivity (Wildman–Crippen MR) is 136 cm³/mol. The number of rotatable bonds is 6. The average molecular weight is 545 g/mol. The van der Waals surface area contributed by atoms with E-state index >= 15 is 0 Å². The van der Waals surface area contributed by atoms with E-state index in [4.69, 9.17) is 11.6 Å². The van der Waals surface area contributed by atoms with Gasteiger partial charge in [0.2, 0.25) is 5.95 Å². The molecule has 1 atom stereocenters. The van der Waals surface area contributed by atoms with Gasteiger partial charge in [0.25, 0.3) is 5.92 Å². The van der Waals surface area contributed by atoms with Crippen molar-refractivity contribution >= 4 is 29.1 Å². The van der Waals surface area contributed by atoms with Crippen molar-refractivity contribution in [2.45, 2.75) is 25.1 Å². The number of halogens is 4. The molecule has 198 valence electrons. The first-order chi connectivity index (χ1) is 18.2. The summed E-state index contributed by atoms with van der Waals surface area (Å²) in [6.45, 7) is -0.160. The summed E-state index contributed by atoms with van der Waals surface area (Å²) in [5.74, 6) is -3.03. The van der Waals surface area contributed by atoms with Crippen molar-refractivity contribution in [3.8, 4) is 11.1 Å². The van der Waals surface area contributed by atoms with Crippen LogP contribution in [0, 0.1) is 5.82 Å². The van der Waals surface area contributed by atoms with E-state index < -0.39 is 31.1 Å². The number of H-pyrrole nitrogens is 1. The van der Waals surface area contributed by atoms with Crippen LogP contribution in [0.3, 0.4) is 0 Å². The number of hydrogen-bond acceptors (Lipinski definition) is 7. The molecule has 1 aromatic carbocycles. The van der Waals surface area contributed by atoms with Gasteiger partial charge in [0.05, 0.1) is 42.7 Å². The fraction of sp³-hybridized carbons (Fsp3) is 0.320. The minimum absolute atomic E-state index is 0.0385. The number of likely N-dealkylation sites (tertiary alicyclic amines) is 1. The molecule has 0 saturated carbocycles. The van der Waals surface area contributed by atoms with Crippen molar-refractivity contribution in [1.29, 1.82) is 0 Å². The zero-order valence-electron chi connectivity index (χ0n) is 20.3. The third kappa shape index (κ3) is 4.38. The van der Waals surface area contributed by atoms with Gasteiger partial charge in [-0.2, -0.15) is 10.1 Å². The summed E-state index contributed by atoms with van der Waals surface area (Å²) in [6, 6.07) is 7.44. The number of nitrogens with one attached hydrogen (secondary N) is 2. The number of anilines is 3. The van der Waals surface area contributed by atoms with Crippen molar-refractivity contribution in [1.82, 2.24) is 29.6 Å². The predicted octanol–water partition coefficient (Wildman–Crippen LogP) is 4.25. The lowest BCUT2D eigenvalue weighted by molar-refractivity contribution is -0.187. The Morgan fingerprint density at radius 1 is 1.16 bits per heavy atom. The van der Waals surface area contributed by atoms with Crippen LogP contribution in [0.5, 0.6) is 0 Å². The molecular weight excluding hydrogens is 521 g/mol. The molecule has 1 unspecified atom stereocenters. The highest BCUT2D eigenvalue weighted by molar-refractivity contribution is 6.32. The SMILES string of the molecule is Cn1c2c(c(Cl)c1C(O)N1CC(F)(F)C1)CCN(c1ncc(F)c(Nc3ccc(-c4cn[nH]c4)cc3)n1)C2. The van der Waals surface area contributed by atoms with Gasteiger partial charge in [-0.15, -0.1) is 0 Å². The van der Waals surface area contributed by atoms with Crippen LogP contribution in [0.25, 0.3) is 11.1 Å². The number of hydrogen-bond donors (Lipinski definition) is 3. The average Bonchev–Trinajstić information content (AvgIpc) is 3.51. The number of nitrogens with zero attached hydrogens (tertiary/aromatic N) is 6. The maximum absolute atomic E-state index is 14.6. The Morgan fingerprint density at radius 2 is 1.92 bits per heavy atom. The fourth-order valence-electron chi connectivity index (χ4n) is 4.98. The molecule has 6 rings (SSSR count). The number of aliphatic hydroxyl groups excluding tert-OH is 1. The Bertz CT molecular complexity index is 1470. The molecule has 13 heteroatoms. The smallest absolute Gasteiger partial charge is 0.273 e. The molecular formula is C25H24ClF3N8O. The fourth-order valence-corrected chi connectivity index (χ4v) is 5.41. The molecule has 1 saturated heterocycles. The van der Waals surface area contributed by atoms with E-state index in [9.17, 15) is 18.3 Å². The van der Waals surface area contributed by atoms with Crippen molar-refractivity contribution in [3.63, 3.8) is 0 Å². The monoisotopic (exact) mass is 544 g/mol. The van der Waals surface area contributed by atoms with E-state index in [0.717, 1.165) is 28.6 Å². The van der Waals surface area contributed by atoms with Gasteiger partial charge in [0.1, 0.15) is 0 Å². The highest BCUT2D eigenvalue weighted by Crippen LogP contribution is 2.40. The minimum Gasteiger partial charge on any atom is -0.372 e. The molecule has 4 aromatic rings. The normalized spacial score (nSPS) is 17.7. The van der Waals surface area contributed by atoms with Crippen LogP contribution in [-0.4, -0.2) is 60.3 Å². The summed E-state index contributed by atoms with van der Waals surface area (Å²) in [5, 5.41) is 20.8. The third-order valence-corrected chi connectivity index (χ3v) is 7.45. The number of fused-ring (bicyclic) bond motifs is 1. The van der Waals surface area contributed by atoms with Crippen LogP contribution in [0.2, 0.25) is 5.02 Å². The molecule has 0 radical (unpaired) electrons. The Hall–Kier alpha value is -3.61. The zero-order chi connectivity index (χ0) is 26.6. The standard InChI is InChI=1S/C25H24ClF3N8O/c1-35-19-11-36(7-6-17(19)20(26)21(35)23(38)37-12-25(28,29)13-37)24-30-10-18(27)22(34-24)33-16-4-2-14(3-5-16)15-8-31-32-9-15/h2-5,8-10,23,38H,6-7,11-13H2,1H3,(H,31,32)(H,30,33,34). The van der Waals surface area contributed by atoms with Crippen molar-refractivity contribution in [3.05, 3.63) is 70.6 Å². The summed E-state index contributed by atoms with van der Waals surface area (Å²) in [7, 11) is 1.75. The molecule has 3 aromatic heterocycles. The molecule has 9 nitrogen and oxygen atoms in total. The van der Waals surface area contributed by atoms with Crippen molar-refractivity contribution in [2.24, 2.45) is 7.05 Å². The summed E-state index contributed by atoms with van der Waals surface area (Å²) >= 11 is 6.60. The minimum atomic E-state index is -2.80.